The molecule has 0 fully saturated rings. The maximum Gasteiger partial charge on any atom is 0.244 e. The molecule has 0 aliphatic rings. The van der Waals surface area contributed by atoms with E-state index in [1.165, 1.54) is 11.6 Å². The van der Waals surface area contributed by atoms with Crippen molar-refractivity contribution < 1.29 is 4.79 Å². The molecule has 1 heterocycles. The summed E-state index contributed by atoms with van der Waals surface area (Å²) in [5.41, 5.74) is 3.88. The van der Waals surface area contributed by atoms with Crippen molar-refractivity contribution in [1.82, 2.24) is 20.0 Å². The number of rotatable bonds is 6. The summed E-state index contributed by atoms with van der Waals surface area (Å²) >= 11 is 6.15. The van der Waals surface area contributed by atoms with Gasteiger partial charge in [-0.15, -0.1) is 0 Å². The molecule has 0 unspecified atom stereocenters. The lowest BCUT2D eigenvalue weighted by Crippen LogP contribution is -2.22. The number of aromatic nitrogens is 2. The third-order valence-electron chi connectivity index (χ3n) is 3.66. The molecule has 2 rings (SSSR count). The van der Waals surface area contributed by atoms with Gasteiger partial charge in [0.05, 0.1) is 5.69 Å². The highest BCUT2D eigenvalue weighted by molar-refractivity contribution is 6.31. The van der Waals surface area contributed by atoms with Crippen LogP contribution >= 0.6 is 11.6 Å². The first-order valence-corrected chi connectivity index (χ1v) is 8.12. The normalized spacial score (nSPS) is 11.4. The van der Waals surface area contributed by atoms with Gasteiger partial charge in [0.1, 0.15) is 5.15 Å². The number of benzene rings is 1. The number of amides is 1. The average molecular weight is 347 g/mol. The topological polar surface area (TPSA) is 50.2 Å². The standard InChI is InChI=1S/C18H23ClN4O/c1-13-16(18(19)23(4)21-13)9-10-17(24)20-11-14-7-5-6-8-15(14)12-22(2)3/h5-10H,11-12H2,1-4H3,(H,20,24)/b10-9+. The van der Waals surface area contributed by atoms with Gasteiger partial charge in [0.2, 0.25) is 5.91 Å². The summed E-state index contributed by atoms with van der Waals surface area (Å²) in [4.78, 5) is 14.2. The van der Waals surface area contributed by atoms with Crippen molar-refractivity contribution >= 4 is 23.6 Å². The number of carbonyl (C=O) groups excluding carboxylic acids is 1. The van der Waals surface area contributed by atoms with Crippen molar-refractivity contribution in [3.05, 3.63) is 57.9 Å². The first kappa shape index (κ1) is 18.2. The summed E-state index contributed by atoms with van der Waals surface area (Å²) in [7, 11) is 5.82. The van der Waals surface area contributed by atoms with Crippen LogP contribution in [0, 0.1) is 6.92 Å². The van der Waals surface area contributed by atoms with E-state index in [0.717, 1.165) is 23.4 Å². The number of nitrogens with zero attached hydrogens (tertiary/aromatic N) is 3. The molecule has 2 aromatic rings. The molecule has 5 nitrogen and oxygen atoms in total. The van der Waals surface area contributed by atoms with Gasteiger partial charge in [-0.25, -0.2) is 0 Å². The van der Waals surface area contributed by atoms with Gasteiger partial charge in [-0.2, -0.15) is 5.10 Å². The highest BCUT2D eigenvalue weighted by Crippen LogP contribution is 2.19. The third kappa shape index (κ3) is 4.69. The fourth-order valence-electron chi connectivity index (χ4n) is 2.46. The van der Waals surface area contributed by atoms with E-state index in [1.54, 1.807) is 17.8 Å². The molecule has 24 heavy (non-hydrogen) atoms. The predicted octanol–water partition coefficient (Wildman–Crippen LogP) is 2.77. The van der Waals surface area contributed by atoms with E-state index in [9.17, 15) is 4.79 Å². The fourth-order valence-corrected chi connectivity index (χ4v) is 2.70. The van der Waals surface area contributed by atoms with Crippen LogP contribution in [0.2, 0.25) is 5.15 Å². The average Bonchev–Trinajstić information content (AvgIpc) is 2.76. The maximum absolute atomic E-state index is 12.1. The van der Waals surface area contributed by atoms with Crippen LogP contribution in [0.15, 0.2) is 30.3 Å². The largest absolute Gasteiger partial charge is 0.348 e. The quantitative estimate of drug-likeness (QED) is 0.818. The van der Waals surface area contributed by atoms with Gasteiger partial charge in [-0.05, 0) is 38.2 Å². The molecule has 0 saturated carbocycles. The molecule has 0 saturated heterocycles. The van der Waals surface area contributed by atoms with Gasteiger partial charge in [-0.3, -0.25) is 9.48 Å². The van der Waals surface area contributed by atoms with Crippen LogP contribution in [-0.2, 0) is 24.9 Å². The van der Waals surface area contributed by atoms with E-state index >= 15 is 0 Å². The summed E-state index contributed by atoms with van der Waals surface area (Å²) in [6.07, 6.45) is 3.19. The number of hydrogen-bond acceptors (Lipinski definition) is 3. The second kappa shape index (κ2) is 8.13. The van der Waals surface area contributed by atoms with E-state index in [1.807, 2.05) is 39.2 Å². The Morgan fingerprint density at radius 1 is 1.33 bits per heavy atom. The molecule has 1 aromatic heterocycles. The molecule has 1 amide bonds. The lowest BCUT2D eigenvalue weighted by atomic mass is 10.1. The first-order valence-electron chi connectivity index (χ1n) is 7.75. The minimum Gasteiger partial charge on any atom is -0.348 e. The summed E-state index contributed by atoms with van der Waals surface area (Å²) in [5, 5.41) is 7.65. The maximum atomic E-state index is 12.1. The SMILES string of the molecule is Cc1nn(C)c(Cl)c1/C=C/C(=O)NCc1ccccc1CN(C)C. The molecule has 1 N–H and O–H groups in total. The van der Waals surface area contributed by atoms with Gasteiger partial charge in [0, 0.05) is 31.8 Å². The molecule has 0 bridgehead atoms. The molecule has 6 heteroatoms. The Morgan fingerprint density at radius 2 is 2.00 bits per heavy atom. The molecule has 0 aliphatic heterocycles. The molecule has 0 radical (unpaired) electrons. The smallest absolute Gasteiger partial charge is 0.244 e. The molecule has 0 atom stereocenters. The second-order valence-corrected chi connectivity index (χ2v) is 6.33. The second-order valence-electron chi connectivity index (χ2n) is 5.97. The van der Waals surface area contributed by atoms with Gasteiger partial charge < -0.3 is 10.2 Å². The molecular weight excluding hydrogens is 324 g/mol. The predicted molar refractivity (Wildman–Crippen MR) is 97.7 cm³/mol. The van der Waals surface area contributed by atoms with E-state index in [4.69, 9.17) is 11.6 Å². The number of carbonyl (C=O) groups is 1. The highest BCUT2D eigenvalue weighted by Gasteiger charge is 2.09. The van der Waals surface area contributed by atoms with Gasteiger partial charge in [-0.1, -0.05) is 35.9 Å². The minimum atomic E-state index is -0.158. The van der Waals surface area contributed by atoms with E-state index in [2.05, 4.69) is 21.4 Å². The van der Waals surface area contributed by atoms with Crippen molar-refractivity contribution in [2.45, 2.75) is 20.0 Å². The number of aryl methyl sites for hydroxylation is 2. The first-order chi connectivity index (χ1) is 11.4. The Kier molecular flexibility index (Phi) is 6.17. The molecule has 1 aromatic carbocycles. The summed E-state index contributed by atoms with van der Waals surface area (Å²) < 4.78 is 1.59. The molecule has 0 spiro atoms. The van der Waals surface area contributed by atoms with Crippen molar-refractivity contribution in [2.75, 3.05) is 14.1 Å². The minimum absolute atomic E-state index is 0.158. The lowest BCUT2D eigenvalue weighted by Gasteiger charge is -2.14. The van der Waals surface area contributed by atoms with Crippen molar-refractivity contribution in [1.29, 1.82) is 0 Å². The zero-order valence-corrected chi connectivity index (χ0v) is 15.3. The number of hydrogen-bond donors (Lipinski definition) is 1. The zero-order valence-electron chi connectivity index (χ0n) is 14.5. The van der Waals surface area contributed by atoms with Crippen molar-refractivity contribution in [3.8, 4) is 0 Å². The van der Waals surface area contributed by atoms with Gasteiger partial charge >= 0.3 is 0 Å². The molecular formula is C18H23ClN4O. The highest BCUT2D eigenvalue weighted by atomic mass is 35.5. The Morgan fingerprint density at radius 3 is 2.58 bits per heavy atom. The van der Waals surface area contributed by atoms with Crippen LogP contribution in [0.4, 0.5) is 0 Å². The Hall–Kier alpha value is -2.11. The Balaban J connectivity index is 2.00. The van der Waals surface area contributed by atoms with Crippen LogP contribution in [0.1, 0.15) is 22.4 Å². The van der Waals surface area contributed by atoms with Crippen LogP contribution in [0.3, 0.4) is 0 Å². The summed E-state index contributed by atoms with van der Waals surface area (Å²) in [6.45, 7) is 3.19. The summed E-state index contributed by atoms with van der Waals surface area (Å²) in [5.74, 6) is -0.158. The summed E-state index contributed by atoms with van der Waals surface area (Å²) in [6, 6.07) is 8.10. The monoisotopic (exact) mass is 346 g/mol. The Bertz CT molecular complexity index is 749. The van der Waals surface area contributed by atoms with E-state index < -0.39 is 0 Å². The van der Waals surface area contributed by atoms with Crippen LogP contribution in [-0.4, -0.2) is 34.7 Å². The lowest BCUT2D eigenvalue weighted by molar-refractivity contribution is -0.116. The third-order valence-corrected chi connectivity index (χ3v) is 4.10. The Labute approximate surface area is 147 Å². The van der Waals surface area contributed by atoms with Crippen LogP contribution in [0.5, 0.6) is 0 Å². The number of nitrogens with one attached hydrogen (secondary N) is 1. The van der Waals surface area contributed by atoms with Crippen LogP contribution < -0.4 is 5.32 Å². The van der Waals surface area contributed by atoms with E-state index in [-0.39, 0.29) is 5.91 Å². The van der Waals surface area contributed by atoms with Gasteiger partial charge in [0.25, 0.3) is 0 Å². The number of halogens is 1. The van der Waals surface area contributed by atoms with E-state index in [0.29, 0.717) is 11.7 Å². The fraction of sp³-hybridized carbons (Fsp3) is 0.333. The van der Waals surface area contributed by atoms with Gasteiger partial charge in [0.15, 0.2) is 0 Å². The van der Waals surface area contributed by atoms with Crippen molar-refractivity contribution in [3.63, 3.8) is 0 Å². The van der Waals surface area contributed by atoms with Crippen molar-refractivity contribution in [2.24, 2.45) is 7.05 Å². The molecule has 128 valence electrons. The molecule has 0 aliphatic carbocycles. The zero-order chi connectivity index (χ0) is 17.7. The van der Waals surface area contributed by atoms with Crippen LogP contribution in [0.25, 0.3) is 6.08 Å².